The smallest absolute Gasteiger partial charge is 0.263 e. The van der Waals surface area contributed by atoms with Gasteiger partial charge in [0.05, 0.1) is 30.0 Å². The van der Waals surface area contributed by atoms with E-state index in [0.717, 1.165) is 46.8 Å². The highest BCUT2D eigenvalue weighted by molar-refractivity contribution is 5.81. The van der Waals surface area contributed by atoms with Gasteiger partial charge >= 0.3 is 0 Å². The zero-order valence-corrected chi connectivity index (χ0v) is 19.9. The average molecular weight is 469 g/mol. The number of ether oxygens (including phenoxy) is 2. The molecule has 4 aromatic rings. The average Bonchev–Trinajstić information content (AvgIpc) is 2.93. The number of amides is 1. The summed E-state index contributed by atoms with van der Waals surface area (Å²) < 4.78 is 11.2. The number of hydrogen-bond acceptors (Lipinski definition) is 6. The Morgan fingerprint density at radius 3 is 2.20 bits per heavy atom. The highest BCUT2D eigenvalue weighted by atomic mass is 16.5. The lowest BCUT2D eigenvalue weighted by Gasteiger charge is -2.37. The van der Waals surface area contributed by atoms with Crippen molar-refractivity contribution < 1.29 is 14.3 Å². The van der Waals surface area contributed by atoms with E-state index >= 15 is 0 Å². The van der Waals surface area contributed by atoms with E-state index < -0.39 is 6.10 Å². The number of fused-ring (bicyclic) bond motifs is 1. The van der Waals surface area contributed by atoms with E-state index in [9.17, 15) is 4.79 Å². The summed E-state index contributed by atoms with van der Waals surface area (Å²) in [5.74, 6) is 1.50. The van der Waals surface area contributed by atoms with Crippen LogP contribution in [-0.2, 0) is 4.79 Å². The van der Waals surface area contributed by atoms with Crippen molar-refractivity contribution in [3.05, 3.63) is 79.0 Å². The Morgan fingerprint density at radius 1 is 0.857 bits per heavy atom. The van der Waals surface area contributed by atoms with Gasteiger partial charge in [0, 0.05) is 37.4 Å². The van der Waals surface area contributed by atoms with Crippen molar-refractivity contribution in [2.45, 2.75) is 13.0 Å². The number of hydrogen-bond donors (Lipinski definition) is 0. The maximum atomic E-state index is 13.0. The van der Waals surface area contributed by atoms with Gasteiger partial charge in [-0.05, 0) is 67.6 Å². The molecular formula is C28H28N4O3. The Hall–Kier alpha value is -4.13. The van der Waals surface area contributed by atoms with E-state index in [1.165, 1.54) is 0 Å². The van der Waals surface area contributed by atoms with Crippen LogP contribution in [0.25, 0.3) is 22.3 Å². The van der Waals surface area contributed by atoms with Crippen molar-refractivity contribution in [2.75, 3.05) is 38.2 Å². The Morgan fingerprint density at radius 2 is 1.51 bits per heavy atom. The summed E-state index contributed by atoms with van der Waals surface area (Å²) in [5.41, 5.74) is 4.61. The SMILES string of the molecule is COc1ccc(N2CCN(C(=O)[C@@H](C)Oc3ccc(-c4cnc5ccccc5n4)cc3)CC2)cc1. The Bertz CT molecular complexity index is 1300. The maximum absolute atomic E-state index is 13.0. The van der Waals surface area contributed by atoms with Crippen LogP contribution in [0, 0.1) is 0 Å². The van der Waals surface area contributed by atoms with Gasteiger partial charge in [0.2, 0.25) is 0 Å². The number of nitrogens with zero attached hydrogens (tertiary/aromatic N) is 4. The first-order chi connectivity index (χ1) is 17.1. The molecule has 1 aromatic heterocycles. The van der Waals surface area contributed by atoms with E-state index in [2.05, 4.69) is 27.0 Å². The van der Waals surface area contributed by atoms with Crippen LogP contribution >= 0.6 is 0 Å². The second-order valence-electron chi connectivity index (χ2n) is 8.54. The number of carbonyl (C=O) groups excluding carboxylic acids is 1. The van der Waals surface area contributed by atoms with Crippen molar-refractivity contribution in [3.8, 4) is 22.8 Å². The minimum atomic E-state index is -0.561. The van der Waals surface area contributed by atoms with Gasteiger partial charge in [-0.1, -0.05) is 12.1 Å². The number of benzene rings is 3. The van der Waals surface area contributed by atoms with E-state index in [0.29, 0.717) is 18.8 Å². The van der Waals surface area contributed by atoms with Crippen molar-refractivity contribution in [1.29, 1.82) is 0 Å². The number of methoxy groups -OCH3 is 1. The van der Waals surface area contributed by atoms with Crippen molar-refractivity contribution in [1.82, 2.24) is 14.9 Å². The van der Waals surface area contributed by atoms with Gasteiger partial charge < -0.3 is 19.3 Å². The predicted molar refractivity (Wildman–Crippen MR) is 137 cm³/mol. The van der Waals surface area contributed by atoms with E-state index in [-0.39, 0.29) is 5.91 Å². The summed E-state index contributed by atoms with van der Waals surface area (Å²) in [6.45, 7) is 4.70. The number of para-hydroxylation sites is 2. The number of rotatable bonds is 6. The van der Waals surface area contributed by atoms with E-state index in [1.54, 1.807) is 20.2 Å². The van der Waals surface area contributed by atoms with E-state index in [4.69, 9.17) is 9.47 Å². The molecule has 0 spiro atoms. The lowest BCUT2D eigenvalue weighted by atomic mass is 10.1. The van der Waals surface area contributed by atoms with Crippen molar-refractivity contribution in [3.63, 3.8) is 0 Å². The molecule has 1 atom stereocenters. The molecule has 178 valence electrons. The largest absolute Gasteiger partial charge is 0.497 e. The first-order valence-corrected chi connectivity index (χ1v) is 11.8. The summed E-state index contributed by atoms with van der Waals surface area (Å²) in [6.07, 6.45) is 1.21. The lowest BCUT2D eigenvalue weighted by molar-refractivity contribution is -0.138. The molecule has 0 N–H and O–H groups in total. The van der Waals surface area contributed by atoms with Crippen LogP contribution in [0.3, 0.4) is 0 Å². The monoisotopic (exact) mass is 468 g/mol. The highest BCUT2D eigenvalue weighted by Crippen LogP contribution is 2.24. The molecule has 7 heteroatoms. The predicted octanol–water partition coefficient (Wildman–Crippen LogP) is 4.42. The fourth-order valence-corrected chi connectivity index (χ4v) is 4.29. The second kappa shape index (κ2) is 10.0. The van der Waals surface area contributed by atoms with Crippen LogP contribution in [0.2, 0.25) is 0 Å². The van der Waals surface area contributed by atoms with Gasteiger partial charge in [-0.25, -0.2) is 4.98 Å². The van der Waals surface area contributed by atoms with Crippen LogP contribution in [-0.4, -0.2) is 60.2 Å². The minimum Gasteiger partial charge on any atom is -0.497 e. The van der Waals surface area contributed by atoms with Gasteiger partial charge in [0.1, 0.15) is 11.5 Å². The molecule has 1 aliphatic heterocycles. The third-order valence-corrected chi connectivity index (χ3v) is 6.29. The molecule has 7 nitrogen and oxygen atoms in total. The third kappa shape index (κ3) is 5.04. The second-order valence-corrected chi connectivity index (χ2v) is 8.54. The number of aromatic nitrogens is 2. The number of anilines is 1. The molecule has 0 bridgehead atoms. The fourth-order valence-electron chi connectivity index (χ4n) is 4.29. The zero-order chi connectivity index (χ0) is 24.2. The lowest BCUT2D eigenvalue weighted by Crippen LogP contribution is -2.52. The molecule has 0 radical (unpaired) electrons. The molecule has 1 amide bonds. The van der Waals surface area contributed by atoms with Crippen molar-refractivity contribution in [2.24, 2.45) is 0 Å². The fraction of sp³-hybridized carbons (Fsp3) is 0.250. The molecular weight excluding hydrogens is 440 g/mol. The van der Waals surface area contributed by atoms with Crippen LogP contribution in [0.4, 0.5) is 5.69 Å². The summed E-state index contributed by atoms with van der Waals surface area (Å²) in [5, 5.41) is 0. The molecule has 35 heavy (non-hydrogen) atoms. The molecule has 0 unspecified atom stereocenters. The molecule has 1 fully saturated rings. The van der Waals surface area contributed by atoms with Crippen LogP contribution in [0.5, 0.6) is 11.5 Å². The molecule has 1 saturated heterocycles. The maximum Gasteiger partial charge on any atom is 0.263 e. The molecule has 0 saturated carbocycles. The summed E-state index contributed by atoms with van der Waals surface area (Å²) in [4.78, 5) is 26.3. The zero-order valence-electron chi connectivity index (χ0n) is 19.9. The summed E-state index contributed by atoms with van der Waals surface area (Å²) in [6, 6.07) is 23.5. The minimum absolute atomic E-state index is 0.00357. The van der Waals surface area contributed by atoms with Gasteiger partial charge in [-0.3, -0.25) is 9.78 Å². The molecule has 0 aliphatic carbocycles. The first-order valence-electron chi connectivity index (χ1n) is 11.8. The normalized spacial score (nSPS) is 14.6. The summed E-state index contributed by atoms with van der Waals surface area (Å²) in [7, 11) is 1.66. The van der Waals surface area contributed by atoms with E-state index in [1.807, 2.05) is 65.6 Å². The van der Waals surface area contributed by atoms with Gasteiger partial charge in [-0.2, -0.15) is 0 Å². The standard InChI is InChI=1S/C28H28N4O3/c1-20(28(33)32-17-15-31(16-18-32)22-9-13-23(34-2)14-10-22)35-24-11-7-21(8-12-24)27-19-29-25-5-3-4-6-26(25)30-27/h3-14,19-20H,15-18H2,1-2H3/t20-/m1/s1. The molecule has 2 heterocycles. The van der Waals surface area contributed by atoms with Crippen LogP contribution < -0.4 is 14.4 Å². The topological polar surface area (TPSA) is 67.8 Å². The van der Waals surface area contributed by atoms with Gasteiger partial charge in [0.15, 0.2) is 6.10 Å². The quantitative estimate of drug-likeness (QED) is 0.417. The van der Waals surface area contributed by atoms with Crippen LogP contribution in [0.1, 0.15) is 6.92 Å². The number of carbonyl (C=O) groups is 1. The first kappa shape index (κ1) is 22.7. The Balaban J connectivity index is 1.17. The van der Waals surface area contributed by atoms with Gasteiger partial charge in [0.25, 0.3) is 5.91 Å². The Kier molecular flexibility index (Phi) is 6.48. The number of piperazine rings is 1. The van der Waals surface area contributed by atoms with Gasteiger partial charge in [-0.15, -0.1) is 0 Å². The summed E-state index contributed by atoms with van der Waals surface area (Å²) >= 11 is 0. The van der Waals surface area contributed by atoms with Crippen molar-refractivity contribution >= 4 is 22.6 Å². The molecule has 3 aromatic carbocycles. The van der Waals surface area contributed by atoms with Crippen LogP contribution in [0.15, 0.2) is 79.0 Å². The third-order valence-electron chi connectivity index (χ3n) is 6.29. The Labute approximate surface area is 204 Å². The molecule has 1 aliphatic rings. The molecule has 5 rings (SSSR count). The highest BCUT2D eigenvalue weighted by Gasteiger charge is 2.26.